The average Bonchev–Trinajstić information content (AvgIpc) is 3.29. The Morgan fingerprint density at radius 2 is 1.64 bits per heavy atom. The second-order valence-corrected chi connectivity index (χ2v) is 9.29. The molecule has 0 N–H and O–H groups in total. The van der Waals surface area contributed by atoms with Crippen molar-refractivity contribution in [1.82, 2.24) is 19.6 Å². The first-order chi connectivity index (χ1) is 17.2. The van der Waals surface area contributed by atoms with Crippen LogP contribution in [-0.2, 0) is 9.59 Å². The molecule has 0 saturated carbocycles. The molecule has 1 aliphatic heterocycles. The van der Waals surface area contributed by atoms with Gasteiger partial charge in [-0.3, -0.25) is 19.4 Å². The molecule has 8 heteroatoms. The Kier molecular flexibility index (Phi) is 7.05. The van der Waals surface area contributed by atoms with E-state index in [1.165, 1.54) is 20.2 Å². The van der Waals surface area contributed by atoms with Crippen molar-refractivity contribution in [2.24, 2.45) is 5.92 Å². The summed E-state index contributed by atoms with van der Waals surface area (Å²) in [7, 11) is 2.72. The normalized spacial score (nSPS) is 14.2. The fraction of sp³-hybridized carbons (Fsp3) is 0.286. The van der Waals surface area contributed by atoms with Gasteiger partial charge in [-0.25, -0.2) is 9.48 Å². The molecule has 1 fully saturated rings. The molecule has 0 aliphatic carbocycles. The Labute approximate surface area is 210 Å². The molecular formula is C28H30N4O4. The van der Waals surface area contributed by atoms with Crippen LogP contribution in [0.1, 0.15) is 31.4 Å². The third-order valence-electron chi connectivity index (χ3n) is 6.11. The highest BCUT2D eigenvalue weighted by Gasteiger charge is 2.38. The van der Waals surface area contributed by atoms with Gasteiger partial charge in [0.25, 0.3) is 11.8 Å². The maximum atomic E-state index is 12.8. The maximum Gasteiger partial charge on any atom is 0.333 e. The standard InChI is InChI=1S/C28H30N4O4/c1-18(2)13-14-36-24-12-11-20(15-19(24)3)25-21(17-32(29-25)22-9-7-6-8-10-22)16-23-26(33)30(4)28(35)31(5)27(23)34/h6-12,15-18H,13-14H2,1-5H3. The number of aromatic nitrogens is 2. The summed E-state index contributed by atoms with van der Waals surface area (Å²) >= 11 is 0. The van der Waals surface area contributed by atoms with E-state index in [-0.39, 0.29) is 5.57 Å². The number of ether oxygens (including phenoxy) is 1. The molecule has 1 aromatic heterocycles. The number of likely N-dealkylation sites (N-methyl/N-ethyl adjacent to an activating group) is 2. The summed E-state index contributed by atoms with van der Waals surface area (Å²) in [4.78, 5) is 39.6. The zero-order valence-corrected chi connectivity index (χ0v) is 21.2. The van der Waals surface area contributed by atoms with Crippen LogP contribution < -0.4 is 4.74 Å². The summed E-state index contributed by atoms with van der Waals surface area (Å²) in [6.07, 6.45) is 4.25. The zero-order chi connectivity index (χ0) is 26.0. The Morgan fingerprint density at radius 1 is 0.972 bits per heavy atom. The quantitative estimate of drug-likeness (QED) is 0.357. The average molecular weight is 487 g/mol. The van der Waals surface area contributed by atoms with E-state index >= 15 is 0 Å². The zero-order valence-electron chi connectivity index (χ0n) is 21.2. The third kappa shape index (κ3) is 4.93. The molecule has 4 amide bonds. The predicted octanol–water partition coefficient (Wildman–Crippen LogP) is 4.71. The Balaban J connectivity index is 1.78. The van der Waals surface area contributed by atoms with E-state index in [0.29, 0.717) is 23.8 Å². The van der Waals surface area contributed by atoms with Crippen LogP contribution in [0, 0.1) is 12.8 Å². The van der Waals surface area contributed by atoms with Gasteiger partial charge in [0.1, 0.15) is 11.3 Å². The van der Waals surface area contributed by atoms with Crippen molar-refractivity contribution >= 4 is 23.9 Å². The van der Waals surface area contributed by atoms with Gasteiger partial charge in [-0.15, -0.1) is 0 Å². The number of rotatable bonds is 7. The van der Waals surface area contributed by atoms with E-state index in [1.807, 2.05) is 55.5 Å². The summed E-state index contributed by atoms with van der Waals surface area (Å²) in [5, 5.41) is 4.79. The fourth-order valence-corrected chi connectivity index (χ4v) is 3.92. The van der Waals surface area contributed by atoms with Crippen LogP contribution in [0.5, 0.6) is 5.75 Å². The van der Waals surface area contributed by atoms with Gasteiger partial charge in [0.2, 0.25) is 0 Å². The lowest BCUT2D eigenvalue weighted by Gasteiger charge is -2.28. The highest BCUT2D eigenvalue weighted by Crippen LogP contribution is 2.31. The number of hydrogen-bond acceptors (Lipinski definition) is 5. The van der Waals surface area contributed by atoms with E-state index in [0.717, 1.165) is 38.8 Å². The highest BCUT2D eigenvalue weighted by molar-refractivity contribution is 6.30. The van der Waals surface area contributed by atoms with E-state index in [9.17, 15) is 14.4 Å². The van der Waals surface area contributed by atoms with Crippen LogP contribution in [0.3, 0.4) is 0 Å². The Morgan fingerprint density at radius 3 is 2.25 bits per heavy atom. The largest absolute Gasteiger partial charge is 0.493 e. The van der Waals surface area contributed by atoms with Crippen molar-refractivity contribution in [2.75, 3.05) is 20.7 Å². The van der Waals surface area contributed by atoms with Crippen LogP contribution in [0.15, 0.2) is 60.3 Å². The van der Waals surface area contributed by atoms with Crippen molar-refractivity contribution in [3.05, 3.63) is 71.4 Å². The van der Waals surface area contributed by atoms with Gasteiger partial charge >= 0.3 is 6.03 Å². The van der Waals surface area contributed by atoms with Crippen molar-refractivity contribution < 1.29 is 19.1 Å². The van der Waals surface area contributed by atoms with Crippen molar-refractivity contribution in [2.45, 2.75) is 27.2 Å². The van der Waals surface area contributed by atoms with Crippen molar-refractivity contribution in [3.8, 4) is 22.7 Å². The van der Waals surface area contributed by atoms with Crippen LogP contribution >= 0.6 is 0 Å². The second-order valence-electron chi connectivity index (χ2n) is 9.29. The summed E-state index contributed by atoms with van der Waals surface area (Å²) in [5.74, 6) is 0.0695. The SMILES string of the molecule is Cc1cc(-c2nn(-c3ccccc3)cc2C=C2C(=O)N(C)C(=O)N(C)C2=O)ccc1OCCC(C)C. The lowest BCUT2D eigenvalue weighted by molar-refractivity contribution is -0.134. The number of amides is 4. The lowest BCUT2D eigenvalue weighted by atomic mass is 10.0. The monoisotopic (exact) mass is 486 g/mol. The van der Waals surface area contributed by atoms with E-state index in [2.05, 4.69) is 13.8 Å². The smallest absolute Gasteiger partial charge is 0.333 e. The number of benzene rings is 2. The molecule has 36 heavy (non-hydrogen) atoms. The number of para-hydroxylation sites is 1. The number of imide groups is 2. The van der Waals surface area contributed by atoms with Gasteiger partial charge in [0.15, 0.2) is 0 Å². The predicted molar refractivity (Wildman–Crippen MR) is 138 cm³/mol. The number of carbonyl (C=O) groups excluding carboxylic acids is 3. The van der Waals surface area contributed by atoms with Gasteiger partial charge in [0.05, 0.1) is 18.0 Å². The molecule has 1 aliphatic rings. The summed E-state index contributed by atoms with van der Waals surface area (Å²) < 4.78 is 7.67. The van der Waals surface area contributed by atoms with Crippen LogP contribution in [0.25, 0.3) is 23.0 Å². The molecule has 0 unspecified atom stereocenters. The van der Waals surface area contributed by atoms with Crippen LogP contribution in [-0.4, -0.2) is 58.1 Å². The molecule has 8 nitrogen and oxygen atoms in total. The minimum absolute atomic E-state index is 0.0983. The first-order valence-corrected chi connectivity index (χ1v) is 11.9. The van der Waals surface area contributed by atoms with Gasteiger partial charge in [0, 0.05) is 31.4 Å². The molecule has 0 bridgehead atoms. The van der Waals surface area contributed by atoms with Gasteiger partial charge in [-0.05, 0) is 61.2 Å². The number of carbonyl (C=O) groups is 3. The summed E-state index contributed by atoms with van der Waals surface area (Å²) in [6.45, 7) is 6.93. The number of urea groups is 1. The molecule has 2 heterocycles. The third-order valence-corrected chi connectivity index (χ3v) is 6.11. The molecule has 0 spiro atoms. The summed E-state index contributed by atoms with van der Waals surface area (Å²) in [6, 6.07) is 14.7. The van der Waals surface area contributed by atoms with Crippen LogP contribution in [0.2, 0.25) is 0 Å². The highest BCUT2D eigenvalue weighted by atomic mass is 16.5. The van der Waals surface area contributed by atoms with Crippen molar-refractivity contribution in [3.63, 3.8) is 0 Å². The van der Waals surface area contributed by atoms with Gasteiger partial charge < -0.3 is 4.74 Å². The van der Waals surface area contributed by atoms with E-state index in [4.69, 9.17) is 9.84 Å². The number of barbiturate groups is 1. The fourth-order valence-electron chi connectivity index (χ4n) is 3.92. The number of hydrogen-bond donors (Lipinski definition) is 0. The van der Waals surface area contributed by atoms with Crippen molar-refractivity contribution in [1.29, 1.82) is 0 Å². The second kappa shape index (κ2) is 10.2. The minimum Gasteiger partial charge on any atom is -0.493 e. The first-order valence-electron chi connectivity index (χ1n) is 11.9. The molecule has 0 radical (unpaired) electrons. The van der Waals surface area contributed by atoms with E-state index < -0.39 is 17.8 Å². The molecule has 4 rings (SSSR count). The molecule has 0 atom stereocenters. The molecular weight excluding hydrogens is 456 g/mol. The van der Waals surface area contributed by atoms with Gasteiger partial charge in [-0.2, -0.15) is 5.10 Å². The molecule has 3 aromatic rings. The summed E-state index contributed by atoms with van der Waals surface area (Å²) in [5.41, 5.74) is 3.70. The topological polar surface area (TPSA) is 84.7 Å². The number of aryl methyl sites for hydroxylation is 1. The first kappa shape index (κ1) is 24.9. The van der Waals surface area contributed by atoms with Gasteiger partial charge in [-0.1, -0.05) is 32.0 Å². The minimum atomic E-state index is -0.661. The number of nitrogens with zero attached hydrogens (tertiary/aromatic N) is 4. The van der Waals surface area contributed by atoms with E-state index in [1.54, 1.807) is 10.9 Å². The molecule has 186 valence electrons. The lowest BCUT2D eigenvalue weighted by Crippen LogP contribution is -2.52. The molecule has 2 aromatic carbocycles. The maximum absolute atomic E-state index is 12.8. The Bertz CT molecular complexity index is 1310. The molecule has 1 saturated heterocycles. The van der Waals surface area contributed by atoms with Crippen LogP contribution in [0.4, 0.5) is 4.79 Å². The Hall–Kier alpha value is -4.20.